The van der Waals surface area contributed by atoms with Gasteiger partial charge in [-0.3, -0.25) is 0 Å². The Labute approximate surface area is 97.1 Å². The molecule has 0 saturated carbocycles. The first-order valence-corrected chi connectivity index (χ1v) is 5.71. The fourth-order valence-electron chi connectivity index (χ4n) is 2.41. The third-order valence-electron chi connectivity index (χ3n) is 3.11. The van der Waals surface area contributed by atoms with Gasteiger partial charge in [0.25, 0.3) is 0 Å². The average Bonchev–Trinajstić information content (AvgIpc) is 2.27. The summed E-state index contributed by atoms with van der Waals surface area (Å²) in [5.74, 6) is 1.50. The van der Waals surface area contributed by atoms with E-state index in [1.807, 2.05) is 0 Å². The first kappa shape index (κ1) is 11.0. The predicted molar refractivity (Wildman–Crippen MR) is 69.3 cm³/mol. The minimum absolute atomic E-state index is 0.514. The van der Waals surface area contributed by atoms with Gasteiger partial charge in [0.05, 0.1) is 7.11 Å². The van der Waals surface area contributed by atoms with Crippen molar-refractivity contribution in [3.8, 4) is 5.75 Å². The van der Waals surface area contributed by atoms with Crippen LogP contribution in [-0.2, 0) is 0 Å². The van der Waals surface area contributed by atoms with Crippen LogP contribution in [0.5, 0.6) is 5.75 Å². The number of hydrogen-bond acceptors (Lipinski definition) is 1. The summed E-state index contributed by atoms with van der Waals surface area (Å²) >= 11 is 0. The maximum Gasteiger partial charge on any atom is 0.122 e. The molecule has 0 atom stereocenters. The molecule has 84 valence electrons. The minimum atomic E-state index is 0.514. The highest BCUT2D eigenvalue weighted by Crippen LogP contribution is 2.34. The van der Waals surface area contributed by atoms with Gasteiger partial charge < -0.3 is 4.74 Å². The molecule has 0 unspecified atom stereocenters. The summed E-state index contributed by atoms with van der Waals surface area (Å²) < 4.78 is 5.44. The van der Waals surface area contributed by atoms with E-state index in [-0.39, 0.29) is 0 Å². The molecule has 0 spiro atoms. The zero-order chi connectivity index (χ0) is 11.7. The lowest BCUT2D eigenvalue weighted by atomic mass is 9.91. The zero-order valence-electron chi connectivity index (χ0n) is 10.4. The van der Waals surface area contributed by atoms with E-state index in [2.05, 4.69) is 51.1 Å². The molecule has 0 aliphatic carbocycles. The van der Waals surface area contributed by atoms with E-state index in [0.29, 0.717) is 5.92 Å². The van der Waals surface area contributed by atoms with Crippen molar-refractivity contribution in [1.29, 1.82) is 0 Å². The van der Waals surface area contributed by atoms with Crippen molar-refractivity contribution in [2.45, 2.75) is 26.7 Å². The summed E-state index contributed by atoms with van der Waals surface area (Å²) in [6, 6.07) is 10.6. The van der Waals surface area contributed by atoms with E-state index >= 15 is 0 Å². The van der Waals surface area contributed by atoms with Gasteiger partial charge in [0, 0.05) is 0 Å². The molecule has 16 heavy (non-hydrogen) atoms. The van der Waals surface area contributed by atoms with E-state index < -0.39 is 0 Å². The highest BCUT2D eigenvalue weighted by atomic mass is 16.5. The summed E-state index contributed by atoms with van der Waals surface area (Å²) in [5, 5.41) is 2.60. The minimum Gasteiger partial charge on any atom is -0.496 e. The van der Waals surface area contributed by atoms with Crippen LogP contribution in [0.25, 0.3) is 10.8 Å². The van der Waals surface area contributed by atoms with E-state index in [4.69, 9.17) is 4.74 Å². The maximum absolute atomic E-state index is 5.44. The fourth-order valence-corrected chi connectivity index (χ4v) is 2.41. The zero-order valence-corrected chi connectivity index (χ0v) is 10.4. The molecular formula is C15H18O. The normalized spacial score (nSPS) is 11.1. The Morgan fingerprint density at radius 3 is 2.44 bits per heavy atom. The van der Waals surface area contributed by atoms with Gasteiger partial charge in [-0.2, -0.15) is 0 Å². The number of benzene rings is 2. The van der Waals surface area contributed by atoms with Crippen LogP contribution in [0.15, 0.2) is 30.3 Å². The summed E-state index contributed by atoms with van der Waals surface area (Å²) in [6.07, 6.45) is 0. The van der Waals surface area contributed by atoms with Crippen LogP contribution in [0.4, 0.5) is 0 Å². The molecule has 2 rings (SSSR count). The molecule has 0 aromatic heterocycles. The third-order valence-corrected chi connectivity index (χ3v) is 3.11. The van der Waals surface area contributed by atoms with Gasteiger partial charge in [-0.25, -0.2) is 0 Å². The van der Waals surface area contributed by atoms with Gasteiger partial charge in [-0.15, -0.1) is 0 Å². The second kappa shape index (κ2) is 4.17. The van der Waals surface area contributed by atoms with Crippen LogP contribution in [0, 0.1) is 6.92 Å². The van der Waals surface area contributed by atoms with Crippen molar-refractivity contribution in [3.63, 3.8) is 0 Å². The van der Waals surface area contributed by atoms with Gasteiger partial charge in [0.2, 0.25) is 0 Å². The van der Waals surface area contributed by atoms with Crippen LogP contribution in [0.1, 0.15) is 30.9 Å². The predicted octanol–water partition coefficient (Wildman–Crippen LogP) is 4.28. The molecule has 0 amide bonds. The number of methoxy groups -OCH3 is 1. The van der Waals surface area contributed by atoms with E-state index in [1.54, 1.807) is 7.11 Å². The molecule has 1 heteroatoms. The van der Waals surface area contributed by atoms with Crippen molar-refractivity contribution in [3.05, 3.63) is 41.5 Å². The lowest BCUT2D eigenvalue weighted by Gasteiger charge is -2.17. The Morgan fingerprint density at radius 1 is 1.12 bits per heavy atom. The molecule has 2 aromatic carbocycles. The third kappa shape index (κ3) is 1.67. The molecule has 0 aliphatic rings. The highest BCUT2D eigenvalue weighted by Gasteiger charge is 2.12. The fraction of sp³-hybridized carbons (Fsp3) is 0.333. The smallest absolute Gasteiger partial charge is 0.122 e. The Bertz CT molecular complexity index is 512. The van der Waals surface area contributed by atoms with E-state index in [1.165, 1.54) is 21.9 Å². The first-order chi connectivity index (χ1) is 7.65. The Morgan fingerprint density at radius 2 is 1.81 bits per heavy atom. The van der Waals surface area contributed by atoms with Gasteiger partial charge in [0.15, 0.2) is 0 Å². The molecule has 2 aromatic rings. The second-order valence-corrected chi connectivity index (χ2v) is 4.49. The van der Waals surface area contributed by atoms with Crippen LogP contribution in [-0.4, -0.2) is 7.11 Å². The molecule has 0 radical (unpaired) electrons. The first-order valence-electron chi connectivity index (χ1n) is 5.71. The topological polar surface area (TPSA) is 9.23 Å². The summed E-state index contributed by atoms with van der Waals surface area (Å²) in [5.41, 5.74) is 2.66. The molecule has 0 fully saturated rings. The molecule has 0 aliphatic heterocycles. The Kier molecular flexibility index (Phi) is 2.86. The summed E-state index contributed by atoms with van der Waals surface area (Å²) in [4.78, 5) is 0. The van der Waals surface area contributed by atoms with Crippen LogP contribution >= 0.6 is 0 Å². The number of fused-ring (bicyclic) bond motifs is 1. The Hall–Kier alpha value is -1.50. The van der Waals surface area contributed by atoms with Crippen molar-refractivity contribution in [1.82, 2.24) is 0 Å². The van der Waals surface area contributed by atoms with Gasteiger partial charge in [-0.1, -0.05) is 38.1 Å². The van der Waals surface area contributed by atoms with Crippen molar-refractivity contribution in [2.75, 3.05) is 7.11 Å². The standard InChI is InChI=1S/C15H18O/c1-10(2)15-11(3)14(16-4)9-12-7-5-6-8-13(12)15/h5-10H,1-4H3. The summed E-state index contributed by atoms with van der Waals surface area (Å²) in [6.45, 7) is 6.60. The van der Waals surface area contributed by atoms with Crippen molar-refractivity contribution in [2.24, 2.45) is 0 Å². The number of hydrogen-bond donors (Lipinski definition) is 0. The second-order valence-electron chi connectivity index (χ2n) is 4.49. The van der Waals surface area contributed by atoms with Gasteiger partial charge >= 0.3 is 0 Å². The number of ether oxygens (including phenoxy) is 1. The molecule has 0 bridgehead atoms. The molecular weight excluding hydrogens is 196 g/mol. The molecule has 1 nitrogen and oxygen atoms in total. The van der Waals surface area contributed by atoms with E-state index in [0.717, 1.165) is 5.75 Å². The van der Waals surface area contributed by atoms with Gasteiger partial charge in [0.1, 0.15) is 5.75 Å². The maximum atomic E-state index is 5.44. The van der Waals surface area contributed by atoms with Crippen molar-refractivity contribution < 1.29 is 4.74 Å². The largest absolute Gasteiger partial charge is 0.496 e. The number of rotatable bonds is 2. The SMILES string of the molecule is COc1cc2ccccc2c(C(C)C)c1C. The molecule has 0 N–H and O–H groups in total. The van der Waals surface area contributed by atoms with Crippen LogP contribution < -0.4 is 4.74 Å². The highest BCUT2D eigenvalue weighted by molar-refractivity contribution is 5.89. The summed E-state index contributed by atoms with van der Waals surface area (Å²) in [7, 11) is 1.74. The lowest BCUT2D eigenvalue weighted by molar-refractivity contribution is 0.411. The van der Waals surface area contributed by atoms with E-state index in [9.17, 15) is 0 Å². The quantitative estimate of drug-likeness (QED) is 0.725. The van der Waals surface area contributed by atoms with Crippen LogP contribution in [0.2, 0.25) is 0 Å². The molecule has 0 heterocycles. The average molecular weight is 214 g/mol. The Balaban J connectivity index is 2.85. The van der Waals surface area contributed by atoms with Gasteiger partial charge in [-0.05, 0) is 40.8 Å². The lowest BCUT2D eigenvalue weighted by Crippen LogP contribution is -1.97. The monoisotopic (exact) mass is 214 g/mol. The van der Waals surface area contributed by atoms with Crippen molar-refractivity contribution >= 4 is 10.8 Å². The molecule has 0 saturated heterocycles. The van der Waals surface area contributed by atoms with Crippen LogP contribution in [0.3, 0.4) is 0 Å².